The number of likely N-dealkylation sites (tertiary alicyclic amines) is 1. The number of nitrogens with zero attached hydrogens (tertiary/aromatic N) is 1. The zero-order chi connectivity index (χ0) is 19.9. The number of hydrogen-bond acceptors (Lipinski definition) is 4. The van der Waals surface area contributed by atoms with Gasteiger partial charge in [0.2, 0.25) is 5.91 Å². The molecule has 1 aliphatic rings. The van der Waals surface area contributed by atoms with Crippen molar-refractivity contribution in [3.05, 3.63) is 59.1 Å². The molecular weight excluding hydrogens is 376 g/mol. The third-order valence-electron chi connectivity index (χ3n) is 4.91. The topological polar surface area (TPSA) is 61.8 Å². The lowest BCUT2D eigenvalue weighted by Gasteiger charge is -2.21. The lowest BCUT2D eigenvalue weighted by Crippen LogP contribution is -2.34. The molecule has 1 amide bonds. The second-order valence-corrected chi connectivity index (χ2v) is 7.82. The summed E-state index contributed by atoms with van der Waals surface area (Å²) in [5.74, 6) is 1.01. The summed E-state index contributed by atoms with van der Waals surface area (Å²) in [5, 5.41) is 13.9. The van der Waals surface area contributed by atoms with Crippen LogP contribution < -0.4 is 10.1 Å². The fourth-order valence-electron chi connectivity index (χ4n) is 3.62. The van der Waals surface area contributed by atoms with Gasteiger partial charge in [0.1, 0.15) is 18.5 Å². The molecule has 28 heavy (non-hydrogen) atoms. The van der Waals surface area contributed by atoms with Crippen LogP contribution in [0.25, 0.3) is 0 Å². The SMILES string of the molecule is CC(=O)Nc1ccccc1OCC(O)CN1CC[C@H](Cc2ccc(Cl)cc2)C1. The van der Waals surface area contributed by atoms with Crippen molar-refractivity contribution in [3.63, 3.8) is 0 Å². The highest BCUT2D eigenvalue weighted by molar-refractivity contribution is 6.30. The van der Waals surface area contributed by atoms with Gasteiger partial charge in [-0.3, -0.25) is 4.79 Å². The maximum atomic E-state index is 11.3. The fourth-order valence-corrected chi connectivity index (χ4v) is 3.75. The molecule has 2 atom stereocenters. The molecule has 0 spiro atoms. The molecule has 1 unspecified atom stereocenters. The first-order valence-electron chi connectivity index (χ1n) is 9.64. The fraction of sp³-hybridized carbons (Fsp3) is 0.409. The van der Waals surface area contributed by atoms with Crippen molar-refractivity contribution in [3.8, 4) is 5.75 Å². The van der Waals surface area contributed by atoms with Gasteiger partial charge in [-0.15, -0.1) is 0 Å². The molecule has 1 aliphatic heterocycles. The number of aliphatic hydroxyl groups excluding tert-OH is 1. The zero-order valence-electron chi connectivity index (χ0n) is 16.1. The second kappa shape index (κ2) is 9.92. The predicted octanol–water partition coefficient (Wildman–Crippen LogP) is 3.60. The maximum absolute atomic E-state index is 11.3. The Hall–Kier alpha value is -2.08. The Morgan fingerprint density at radius 2 is 2.04 bits per heavy atom. The van der Waals surface area contributed by atoms with Crippen molar-refractivity contribution in [1.29, 1.82) is 0 Å². The molecular formula is C22H27ClN2O3. The van der Waals surface area contributed by atoms with Gasteiger partial charge in [0, 0.05) is 25.0 Å². The smallest absolute Gasteiger partial charge is 0.221 e. The molecule has 0 saturated carbocycles. The Morgan fingerprint density at radius 3 is 2.79 bits per heavy atom. The molecule has 0 aliphatic carbocycles. The molecule has 0 aromatic heterocycles. The number of halogens is 1. The van der Waals surface area contributed by atoms with Crippen LogP contribution in [0.4, 0.5) is 5.69 Å². The van der Waals surface area contributed by atoms with E-state index in [1.807, 2.05) is 24.3 Å². The van der Waals surface area contributed by atoms with E-state index in [1.54, 1.807) is 12.1 Å². The van der Waals surface area contributed by atoms with E-state index in [2.05, 4.69) is 22.3 Å². The quantitative estimate of drug-likeness (QED) is 0.708. The summed E-state index contributed by atoms with van der Waals surface area (Å²) in [6.07, 6.45) is 1.58. The summed E-state index contributed by atoms with van der Waals surface area (Å²) in [7, 11) is 0. The number of para-hydroxylation sites is 2. The van der Waals surface area contributed by atoms with Crippen LogP contribution in [0.5, 0.6) is 5.75 Å². The van der Waals surface area contributed by atoms with Crippen LogP contribution in [-0.4, -0.2) is 48.3 Å². The number of amides is 1. The predicted molar refractivity (Wildman–Crippen MR) is 112 cm³/mol. The van der Waals surface area contributed by atoms with Crippen LogP contribution in [0, 0.1) is 5.92 Å². The van der Waals surface area contributed by atoms with E-state index in [0.717, 1.165) is 31.0 Å². The average molecular weight is 403 g/mol. The first-order valence-corrected chi connectivity index (χ1v) is 10.0. The highest BCUT2D eigenvalue weighted by atomic mass is 35.5. The number of carbonyl (C=O) groups is 1. The van der Waals surface area contributed by atoms with Crippen LogP contribution in [0.3, 0.4) is 0 Å². The first kappa shape index (κ1) is 20.6. The molecule has 5 nitrogen and oxygen atoms in total. The molecule has 1 saturated heterocycles. The number of hydrogen-bond donors (Lipinski definition) is 2. The van der Waals surface area contributed by atoms with Gasteiger partial charge in [0.25, 0.3) is 0 Å². The van der Waals surface area contributed by atoms with Crippen molar-refractivity contribution in [2.24, 2.45) is 5.92 Å². The van der Waals surface area contributed by atoms with Gasteiger partial charge < -0.3 is 20.1 Å². The Balaban J connectivity index is 1.44. The van der Waals surface area contributed by atoms with E-state index < -0.39 is 6.10 Å². The summed E-state index contributed by atoms with van der Waals surface area (Å²) in [6, 6.07) is 15.3. The minimum Gasteiger partial charge on any atom is -0.489 e. The largest absolute Gasteiger partial charge is 0.489 e. The number of carbonyl (C=O) groups excluding carboxylic acids is 1. The molecule has 2 N–H and O–H groups in total. The number of aliphatic hydroxyl groups is 1. The number of β-amino-alcohol motifs (C(OH)–C–C–N with tert-alkyl or cyclic N) is 1. The van der Waals surface area contributed by atoms with E-state index in [9.17, 15) is 9.90 Å². The van der Waals surface area contributed by atoms with Gasteiger partial charge in [0.15, 0.2) is 0 Å². The van der Waals surface area contributed by atoms with Crippen molar-refractivity contribution in [1.82, 2.24) is 4.90 Å². The Morgan fingerprint density at radius 1 is 1.29 bits per heavy atom. The van der Waals surface area contributed by atoms with E-state index in [4.69, 9.17) is 16.3 Å². The normalized spacial score (nSPS) is 18.0. The standard InChI is InChI=1S/C22H27ClN2O3/c1-16(26)24-21-4-2-3-5-22(21)28-15-20(27)14-25-11-10-18(13-25)12-17-6-8-19(23)9-7-17/h2-9,18,20,27H,10-15H2,1H3,(H,24,26)/t18-,20?/m1/s1. The van der Waals surface area contributed by atoms with Gasteiger partial charge in [-0.2, -0.15) is 0 Å². The molecule has 0 radical (unpaired) electrons. The highest BCUT2D eigenvalue weighted by Crippen LogP contribution is 2.25. The lowest BCUT2D eigenvalue weighted by molar-refractivity contribution is -0.114. The molecule has 3 rings (SSSR count). The van der Waals surface area contributed by atoms with E-state index in [0.29, 0.717) is 23.9 Å². The number of rotatable bonds is 8. The number of anilines is 1. The van der Waals surface area contributed by atoms with Crippen molar-refractivity contribution in [2.75, 3.05) is 31.6 Å². The molecule has 1 heterocycles. The molecule has 0 bridgehead atoms. The highest BCUT2D eigenvalue weighted by Gasteiger charge is 2.24. The Labute approximate surface area is 171 Å². The van der Waals surface area contributed by atoms with Crippen molar-refractivity contribution in [2.45, 2.75) is 25.9 Å². The molecule has 1 fully saturated rings. The Kier molecular flexibility index (Phi) is 7.31. The summed E-state index contributed by atoms with van der Waals surface area (Å²) in [4.78, 5) is 13.6. The number of benzene rings is 2. The van der Waals surface area contributed by atoms with E-state index in [-0.39, 0.29) is 12.5 Å². The van der Waals surface area contributed by atoms with E-state index >= 15 is 0 Å². The van der Waals surface area contributed by atoms with Gasteiger partial charge in [0.05, 0.1) is 5.69 Å². The molecule has 150 valence electrons. The maximum Gasteiger partial charge on any atom is 0.221 e. The number of ether oxygens (including phenoxy) is 1. The van der Waals surface area contributed by atoms with Crippen LogP contribution in [0.1, 0.15) is 18.9 Å². The third-order valence-corrected chi connectivity index (χ3v) is 5.16. The van der Waals surface area contributed by atoms with Gasteiger partial charge in [-0.05, 0) is 55.1 Å². The van der Waals surface area contributed by atoms with Crippen molar-refractivity contribution < 1.29 is 14.6 Å². The van der Waals surface area contributed by atoms with Gasteiger partial charge in [-0.25, -0.2) is 0 Å². The monoisotopic (exact) mass is 402 g/mol. The van der Waals surface area contributed by atoms with Crippen LogP contribution in [0.15, 0.2) is 48.5 Å². The summed E-state index contributed by atoms with van der Waals surface area (Å²) >= 11 is 5.95. The van der Waals surface area contributed by atoms with Crippen molar-refractivity contribution >= 4 is 23.2 Å². The minimum absolute atomic E-state index is 0.152. The van der Waals surface area contributed by atoms with Crippen LogP contribution in [0.2, 0.25) is 5.02 Å². The van der Waals surface area contributed by atoms with Crippen LogP contribution >= 0.6 is 11.6 Å². The van der Waals surface area contributed by atoms with Gasteiger partial charge >= 0.3 is 0 Å². The second-order valence-electron chi connectivity index (χ2n) is 7.39. The molecule has 2 aromatic carbocycles. The summed E-state index contributed by atoms with van der Waals surface area (Å²) in [5.41, 5.74) is 1.92. The number of nitrogens with one attached hydrogen (secondary N) is 1. The third kappa shape index (κ3) is 6.23. The van der Waals surface area contributed by atoms with E-state index in [1.165, 1.54) is 12.5 Å². The minimum atomic E-state index is -0.584. The molecule has 2 aromatic rings. The Bertz CT molecular complexity index is 782. The van der Waals surface area contributed by atoms with Crippen LogP contribution in [-0.2, 0) is 11.2 Å². The zero-order valence-corrected chi connectivity index (χ0v) is 16.9. The first-order chi connectivity index (χ1) is 13.5. The summed E-state index contributed by atoms with van der Waals surface area (Å²) in [6.45, 7) is 4.19. The molecule has 6 heteroatoms. The lowest BCUT2D eigenvalue weighted by atomic mass is 9.99. The summed E-state index contributed by atoms with van der Waals surface area (Å²) < 4.78 is 5.74. The van der Waals surface area contributed by atoms with Gasteiger partial charge in [-0.1, -0.05) is 35.9 Å². The average Bonchev–Trinajstić information content (AvgIpc) is 3.09.